The van der Waals surface area contributed by atoms with Crippen LogP contribution in [0.1, 0.15) is 33.3 Å². The molecule has 1 amide bonds. The Bertz CT molecular complexity index is 953. The average Bonchev–Trinajstić information content (AvgIpc) is 3.15. The molecular formula is C22H23N3O3. The predicted octanol–water partition coefficient (Wildman–Crippen LogP) is 2.98. The van der Waals surface area contributed by atoms with Crippen molar-refractivity contribution in [1.82, 2.24) is 15.1 Å². The summed E-state index contributed by atoms with van der Waals surface area (Å²) in [6.45, 7) is 1.73. The van der Waals surface area contributed by atoms with E-state index in [2.05, 4.69) is 23.6 Å². The normalized spacial score (nSPS) is 15.7. The van der Waals surface area contributed by atoms with Crippen LogP contribution in [0, 0.1) is 0 Å². The van der Waals surface area contributed by atoms with Gasteiger partial charge in [0.1, 0.15) is 11.9 Å². The van der Waals surface area contributed by atoms with Crippen molar-refractivity contribution in [1.29, 1.82) is 0 Å². The molecule has 1 aliphatic rings. The van der Waals surface area contributed by atoms with E-state index < -0.39 is 0 Å². The number of nitrogens with one attached hydrogen (secondary N) is 1. The summed E-state index contributed by atoms with van der Waals surface area (Å²) in [5.41, 5.74) is 3.85. The molecule has 144 valence electrons. The lowest BCUT2D eigenvalue weighted by Gasteiger charge is -2.22. The molecule has 2 aromatic carbocycles. The molecule has 1 atom stereocenters. The molecule has 0 bridgehead atoms. The SMILES string of the molecule is COc1cccc(C(=O)NC[C@H]2OCCc3cn(Cc4ccccc4)nc32)c1. The van der Waals surface area contributed by atoms with E-state index >= 15 is 0 Å². The second-order valence-electron chi connectivity index (χ2n) is 6.77. The number of carbonyl (C=O) groups is 1. The van der Waals surface area contributed by atoms with Crippen molar-refractivity contribution in [2.45, 2.75) is 19.1 Å². The number of benzene rings is 2. The molecule has 2 heterocycles. The van der Waals surface area contributed by atoms with Crippen LogP contribution in [0.25, 0.3) is 0 Å². The summed E-state index contributed by atoms with van der Waals surface area (Å²) < 4.78 is 13.0. The Kier molecular flexibility index (Phi) is 5.39. The number of hydrogen-bond acceptors (Lipinski definition) is 4. The molecule has 1 N–H and O–H groups in total. The number of ether oxygens (including phenoxy) is 2. The quantitative estimate of drug-likeness (QED) is 0.717. The van der Waals surface area contributed by atoms with Crippen LogP contribution in [0.3, 0.4) is 0 Å². The summed E-state index contributed by atoms with van der Waals surface area (Å²) in [6, 6.07) is 17.3. The van der Waals surface area contributed by atoms with E-state index in [1.807, 2.05) is 28.9 Å². The highest BCUT2D eigenvalue weighted by Crippen LogP contribution is 2.25. The Morgan fingerprint density at radius 1 is 1.25 bits per heavy atom. The molecule has 0 spiro atoms. The van der Waals surface area contributed by atoms with Gasteiger partial charge in [0.05, 0.1) is 26.0 Å². The number of methoxy groups -OCH3 is 1. The van der Waals surface area contributed by atoms with E-state index in [9.17, 15) is 4.79 Å². The minimum atomic E-state index is -0.240. The van der Waals surface area contributed by atoms with Gasteiger partial charge in [-0.25, -0.2) is 0 Å². The maximum Gasteiger partial charge on any atom is 0.251 e. The molecule has 1 aliphatic heterocycles. The van der Waals surface area contributed by atoms with Gasteiger partial charge in [0, 0.05) is 18.3 Å². The average molecular weight is 377 g/mol. The Balaban J connectivity index is 1.43. The van der Waals surface area contributed by atoms with Crippen molar-refractivity contribution in [3.05, 3.63) is 83.2 Å². The Morgan fingerprint density at radius 3 is 2.93 bits per heavy atom. The summed E-state index contributed by atoms with van der Waals surface area (Å²) in [7, 11) is 1.58. The Morgan fingerprint density at radius 2 is 2.11 bits per heavy atom. The van der Waals surface area contributed by atoms with Crippen molar-refractivity contribution in [3.63, 3.8) is 0 Å². The number of aromatic nitrogens is 2. The molecule has 4 rings (SSSR count). The molecule has 1 aromatic heterocycles. The molecular weight excluding hydrogens is 354 g/mol. The zero-order chi connectivity index (χ0) is 19.3. The lowest BCUT2D eigenvalue weighted by atomic mass is 10.1. The molecule has 0 aliphatic carbocycles. The number of nitrogens with zero attached hydrogens (tertiary/aromatic N) is 2. The van der Waals surface area contributed by atoms with Crippen LogP contribution in [0.5, 0.6) is 5.75 Å². The van der Waals surface area contributed by atoms with Gasteiger partial charge in [0.15, 0.2) is 0 Å². The number of hydrogen-bond donors (Lipinski definition) is 1. The van der Waals surface area contributed by atoms with Crippen molar-refractivity contribution in [2.75, 3.05) is 20.3 Å². The standard InChI is InChI=1S/C22H23N3O3/c1-27-19-9-5-8-17(12-19)22(26)23-13-20-21-18(10-11-28-20)15-25(24-21)14-16-6-3-2-4-7-16/h2-9,12,15,20H,10-11,13-14H2,1H3,(H,23,26)/t20-/m1/s1. The van der Waals surface area contributed by atoms with E-state index in [-0.39, 0.29) is 12.0 Å². The molecule has 0 unspecified atom stereocenters. The first-order chi connectivity index (χ1) is 13.7. The highest BCUT2D eigenvalue weighted by molar-refractivity contribution is 5.94. The molecule has 28 heavy (non-hydrogen) atoms. The van der Waals surface area contributed by atoms with E-state index in [0.717, 1.165) is 18.7 Å². The Labute approximate surface area is 164 Å². The summed E-state index contributed by atoms with van der Waals surface area (Å²) in [4.78, 5) is 12.5. The highest BCUT2D eigenvalue weighted by atomic mass is 16.5. The zero-order valence-corrected chi connectivity index (χ0v) is 15.8. The first kappa shape index (κ1) is 18.3. The van der Waals surface area contributed by atoms with Gasteiger partial charge in [-0.05, 0) is 35.7 Å². The number of carbonyl (C=O) groups excluding carboxylic acids is 1. The summed E-state index contributed by atoms with van der Waals surface area (Å²) in [5, 5.41) is 7.68. The summed E-state index contributed by atoms with van der Waals surface area (Å²) >= 11 is 0. The van der Waals surface area contributed by atoms with Crippen LogP contribution in [0.2, 0.25) is 0 Å². The maximum absolute atomic E-state index is 12.5. The van der Waals surface area contributed by atoms with Crippen LogP contribution in [0.4, 0.5) is 0 Å². The number of amides is 1. The van der Waals surface area contributed by atoms with Gasteiger partial charge in [0.25, 0.3) is 5.91 Å². The molecule has 0 saturated heterocycles. The molecule has 3 aromatic rings. The third-order valence-corrected chi connectivity index (χ3v) is 4.83. The number of rotatable bonds is 6. The van der Waals surface area contributed by atoms with Crippen molar-refractivity contribution in [2.24, 2.45) is 0 Å². The van der Waals surface area contributed by atoms with Gasteiger partial charge in [-0.15, -0.1) is 0 Å². The molecule has 6 heteroatoms. The molecule has 0 radical (unpaired) electrons. The fourth-order valence-corrected chi connectivity index (χ4v) is 3.39. The topological polar surface area (TPSA) is 65.4 Å². The fraction of sp³-hybridized carbons (Fsp3) is 0.273. The van der Waals surface area contributed by atoms with E-state index in [1.54, 1.807) is 25.3 Å². The van der Waals surface area contributed by atoms with E-state index in [4.69, 9.17) is 14.6 Å². The van der Waals surface area contributed by atoms with Gasteiger partial charge < -0.3 is 14.8 Å². The second-order valence-corrected chi connectivity index (χ2v) is 6.77. The lowest BCUT2D eigenvalue weighted by Crippen LogP contribution is -2.31. The fourth-order valence-electron chi connectivity index (χ4n) is 3.39. The van der Waals surface area contributed by atoms with E-state index in [1.165, 1.54) is 11.1 Å². The predicted molar refractivity (Wildman–Crippen MR) is 105 cm³/mol. The van der Waals surface area contributed by atoms with Crippen molar-refractivity contribution < 1.29 is 14.3 Å². The van der Waals surface area contributed by atoms with Gasteiger partial charge >= 0.3 is 0 Å². The van der Waals surface area contributed by atoms with Gasteiger partial charge in [-0.2, -0.15) is 5.10 Å². The van der Waals surface area contributed by atoms with Crippen LogP contribution in [-0.2, 0) is 17.7 Å². The smallest absolute Gasteiger partial charge is 0.251 e. The monoisotopic (exact) mass is 377 g/mol. The second kappa shape index (κ2) is 8.27. The minimum Gasteiger partial charge on any atom is -0.497 e. The maximum atomic E-state index is 12.5. The van der Waals surface area contributed by atoms with E-state index in [0.29, 0.717) is 24.5 Å². The minimum absolute atomic E-state index is 0.154. The third-order valence-electron chi connectivity index (χ3n) is 4.83. The van der Waals surface area contributed by atoms with Crippen molar-refractivity contribution in [3.8, 4) is 5.75 Å². The van der Waals surface area contributed by atoms with Crippen LogP contribution < -0.4 is 10.1 Å². The first-order valence-electron chi connectivity index (χ1n) is 9.37. The van der Waals surface area contributed by atoms with Crippen molar-refractivity contribution >= 4 is 5.91 Å². The first-order valence-corrected chi connectivity index (χ1v) is 9.37. The molecule has 6 nitrogen and oxygen atoms in total. The lowest BCUT2D eigenvalue weighted by molar-refractivity contribution is 0.0383. The number of fused-ring (bicyclic) bond motifs is 1. The van der Waals surface area contributed by atoms with Crippen LogP contribution >= 0.6 is 0 Å². The highest BCUT2D eigenvalue weighted by Gasteiger charge is 2.25. The van der Waals surface area contributed by atoms with Gasteiger partial charge in [0.2, 0.25) is 0 Å². The van der Waals surface area contributed by atoms with Crippen LogP contribution in [-0.4, -0.2) is 35.9 Å². The van der Waals surface area contributed by atoms with Gasteiger partial charge in [-0.3, -0.25) is 9.48 Å². The molecule has 0 saturated carbocycles. The zero-order valence-electron chi connectivity index (χ0n) is 15.8. The summed E-state index contributed by atoms with van der Waals surface area (Å²) in [5.74, 6) is 0.502. The van der Waals surface area contributed by atoms with Gasteiger partial charge in [-0.1, -0.05) is 36.4 Å². The third kappa shape index (κ3) is 4.07. The van der Waals surface area contributed by atoms with Crippen LogP contribution in [0.15, 0.2) is 60.8 Å². The molecule has 0 fully saturated rings. The summed E-state index contributed by atoms with van der Waals surface area (Å²) in [6.07, 6.45) is 2.68. The largest absolute Gasteiger partial charge is 0.497 e. The Hall–Kier alpha value is -3.12.